The monoisotopic (exact) mass is 757 g/mol. The van der Waals surface area contributed by atoms with Crippen molar-refractivity contribution in [3.8, 4) is 33.4 Å². The molecule has 0 aliphatic carbocycles. The molecule has 0 amide bonds. The standard InChI is InChI=1S/C58H47N/c1-43(45-16-8-3-9-17-45)46-22-24-47(25-23-46)51-34-38-56(39-35-51)59(55-20-12-5-13-21-55)57-40-36-52(37-41-57)49-28-26-48(27-29-49)50-30-32-54(33-31-50)58(53-18-10-4-11-19-53)42-44-14-6-2-7-15-44/h2-41,43,58H,42H2,1H3. The van der Waals surface area contributed by atoms with Gasteiger partial charge in [-0.2, -0.15) is 0 Å². The fourth-order valence-corrected chi connectivity index (χ4v) is 8.25. The number of rotatable bonds is 12. The van der Waals surface area contributed by atoms with Gasteiger partial charge in [0, 0.05) is 28.9 Å². The Morgan fingerprint density at radius 1 is 0.288 bits per heavy atom. The molecule has 0 radical (unpaired) electrons. The van der Waals surface area contributed by atoms with Gasteiger partial charge in [-0.3, -0.25) is 0 Å². The van der Waals surface area contributed by atoms with Gasteiger partial charge in [-0.1, -0.05) is 213 Å². The van der Waals surface area contributed by atoms with Crippen LogP contribution in [0.15, 0.2) is 243 Å². The van der Waals surface area contributed by atoms with Crippen molar-refractivity contribution in [2.24, 2.45) is 0 Å². The third-order valence-electron chi connectivity index (χ3n) is 11.7. The summed E-state index contributed by atoms with van der Waals surface area (Å²) in [6.45, 7) is 2.27. The molecule has 284 valence electrons. The predicted molar refractivity (Wildman–Crippen MR) is 250 cm³/mol. The fourth-order valence-electron chi connectivity index (χ4n) is 8.25. The van der Waals surface area contributed by atoms with Crippen molar-refractivity contribution in [3.05, 3.63) is 270 Å². The van der Waals surface area contributed by atoms with Crippen molar-refractivity contribution in [1.29, 1.82) is 0 Å². The van der Waals surface area contributed by atoms with Crippen molar-refractivity contribution in [2.75, 3.05) is 4.90 Å². The van der Waals surface area contributed by atoms with Crippen LogP contribution in [0.25, 0.3) is 33.4 Å². The molecule has 9 aromatic rings. The van der Waals surface area contributed by atoms with Gasteiger partial charge in [0.05, 0.1) is 0 Å². The van der Waals surface area contributed by atoms with E-state index < -0.39 is 0 Å². The van der Waals surface area contributed by atoms with Crippen molar-refractivity contribution in [3.63, 3.8) is 0 Å². The molecule has 59 heavy (non-hydrogen) atoms. The molecule has 0 N–H and O–H groups in total. The van der Waals surface area contributed by atoms with Crippen LogP contribution < -0.4 is 4.90 Å². The maximum atomic E-state index is 2.33. The van der Waals surface area contributed by atoms with Crippen molar-refractivity contribution >= 4 is 17.1 Å². The van der Waals surface area contributed by atoms with Crippen LogP contribution in [0.4, 0.5) is 17.1 Å². The Morgan fingerprint density at radius 2 is 0.576 bits per heavy atom. The van der Waals surface area contributed by atoms with Gasteiger partial charge in [0.15, 0.2) is 0 Å². The van der Waals surface area contributed by atoms with E-state index in [0.29, 0.717) is 11.8 Å². The first-order valence-corrected chi connectivity index (χ1v) is 20.7. The van der Waals surface area contributed by atoms with Crippen LogP contribution in [-0.2, 0) is 6.42 Å². The highest BCUT2D eigenvalue weighted by Crippen LogP contribution is 2.38. The molecular weight excluding hydrogens is 711 g/mol. The summed E-state index contributed by atoms with van der Waals surface area (Å²) in [4.78, 5) is 2.33. The number of benzene rings is 9. The Labute approximate surface area is 349 Å². The van der Waals surface area contributed by atoms with Crippen LogP contribution in [0.2, 0.25) is 0 Å². The first-order valence-electron chi connectivity index (χ1n) is 20.7. The number of hydrogen-bond acceptors (Lipinski definition) is 1. The lowest BCUT2D eigenvalue weighted by atomic mass is 9.85. The summed E-state index contributed by atoms with van der Waals surface area (Å²) in [6, 6.07) is 88.0. The van der Waals surface area contributed by atoms with Crippen LogP contribution in [0.5, 0.6) is 0 Å². The minimum absolute atomic E-state index is 0.299. The fraction of sp³-hybridized carbons (Fsp3) is 0.0690. The van der Waals surface area contributed by atoms with E-state index in [-0.39, 0.29) is 0 Å². The molecule has 0 aliphatic heterocycles. The lowest BCUT2D eigenvalue weighted by Crippen LogP contribution is -2.09. The maximum Gasteiger partial charge on any atom is 0.0462 e. The Hall–Kier alpha value is -7.22. The van der Waals surface area contributed by atoms with Gasteiger partial charge >= 0.3 is 0 Å². The smallest absolute Gasteiger partial charge is 0.0462 e. The van der Waals surface area contributed by atoms with Crippen LogP contribution in [0.3, 0.4) is 0 Å². The molecular formula is C58H47N. The van der Waals surface area contributed by atoms with Gasteiger partial charge in [0.1, 0.15) is 0 Å². The minimum atomic E-state index is 0.299. The summed E-state index contributed by atoms with van der Waals surface area (Å²) in [5.74, 6) is 0.652. The van der Waals surface area contributed by atoms with Crippen molar-refractivity contribution in [2.45, 2.75) is 25.2 Å². The van der Waals surface area contributed by atoms with Gasteiger partial charge in [-0.05, 0) is 104 Å². The highest BCUT2D eigenvalue weighted by atomic mass is 15.1. The zero-order chi connectivity index (χ0) is 39.8. The predicted octanol–water partition coefficient (Wildman–Crippen LogP) is 15.7. The molecule has 0 spiro atoms. The second-order valence-corrected chi connectivity index (χ2v) is 15.4. The molecule has 0 heterocycles. The molecule has 2 unspecified atom stereocenters. The summed E-state index contributed by atoms with van der Waals surface area (Å²) in [5, 5.41) is 0. The first kappa shape index (κ1) is 37.4. The van der Waals surface area contributed by atoms with E-state index in [2.05, 4.69) is 254 Å². The van der Waals surface area contributed by atoms with E-state index in [1.807, 2.05) is 0 Å². The SMILES string of the molecule is CC(c1ccccc1)c1ccc(-c2ccc(N(c3ccccc3)c3ccc(-c4ccc(-c5ccc(C(Cc6ccccc6)c6ccccc6)cc5)cc4)cc3)cc2)cc1. The summed E-state index contributed by atoms with van der Waals surface area (Å²) in [6.07, 6.45) is 0.970. The summed E-state index contributed by atoms with van der Waals surface area (Å²) < 4.78 is 0. The normalized spacial score (nSPS) is 12.1. The number of hydrogen-bond donors (Lipinski definition) is 0. The molecule has 9 aromatic carbocycles. The number of anilines is 3. The number of nitrogens with zero attached hydrogens (tertiary/aromatic N) is 1. The lowest BCUT2D eigenvalue weighted by molar-refractivity contribution is 0.805. The second kappa shape index (κ2) is 17.5. The maximum absolute atomic E-state index is 2.33. The Kier molecular flexibility index (Phi) is 11.1. The zero-order valence-corrected chi connectivity index (χ0v) is 33.4. The van der Waals surface area contributed by atoms with Gasteiger partial charge in [-0.15, -0.1) is 0 Å². The van der Waals surface area contributed by atoms with Gasteiger partial charge in [-0.25, -0.2) is 0 Å². The molecule has 1 nitrogen and oxygen atoms in total. The Morgan fingerprint density at radius 3 is 1.02 bits per heavy atom. The van der Waals surface area contributed by atoms with Crippen LogP contribution in [0, 0.1) is 0 Å². The Balaban J connectivity index is 0.914. The first-order chi connectivity index (χ1) is 29.2. The van der Waals surface area contributed by atoms with E-state index in [0.717, 1.165) is 23.5 Å². The molecule has 0 fully saturated rings. The minimum Gasteiger partial charge on any atom is -0.311 e. The Bertz CT molecular complexity index is 2670. The third-order valence-corrected chi connectivity index (χ3v) is 11.7. The topological polar surface area (TPSA) is 3.24 Å². The molecule has 1 heteroatoms. The zero-order valence-electron chi connectivity index (χ0n) is 33.4. The molecule has 9 rings (SSSR count). The van der Waals surface area contributed by atoms with E-state index in [1.54, 1.807) is 0 Å². The van der Waals surface area contributed by atoms with E-state index in [1.165, 1.54) is 61.2 Å². The van der Waals surface area contributed by atoms with Crippen LogP contribution in [0.1, 0.15) is 46.6 Å². The molecule has 0 aromatic heterocycles. The average molecular weight is 758 g/mol. The highest BCUT2D eigenvalue weighted by Gasteiger charge is 2.16. The molecule has 0 aliphatic rings. The van der Waals surface area contributed by atoms with Gasteiger partial charge < -0.3 is 4.90 Å². The quantitative estimate of drug-likeness (QED) is 0.120. The van der Waals surface area contributed by atoms with Crippen LogP contribution >= 0.6 is 0 Å². The average Bonchev–Trinajstić information content (AvgIpc) is 3.32. The molecule has 0 bridgehead atoms. The van der Waals surface area contributed by atoms with Gasteiger partial charge in [0.25, 0.3) is 0 Å². The highest BCUT2D eigenvalue weighted by molar-refractivity contribution is 5.80. The largest absolute Gasteiger partial charge is 0.311 e. The molecule has 0 saturated carbocycles. The van der Waals surface area contributed by atoms with E-state index in [9.17, 15) is 0 Å². The molecule has 0 saturated heterocycles. The number of para-hydroxylation sites is 1. The lowest BCUT2D eigenvalue weighted by Gasteiger charge is -2.26. The van der Waals surface area contributed by atoms with Crippen molar-refractivity contribution in [1.82, 2.24) is 0 Å². The van der Waals surface area contributed by atoms with Crippen LogP contribution in [-0.4, -0.2) is 0 Å². The summed E-state index contributed by atoms with van der Waals surface area (Å²) in [7, 11) is 0. The second-order valence-electron chi connectivity index (χ2n) is 15.4. The van der Waals surface area contributed by atoms with E-state index >= 15 is 0 Å². The molecule has 2 atom stereocenters. The van der Waals surface area contributed by atoms with Gasteiger partial charge in [0.2, 0.25) is 0 Å². The third kappa shape index (κ3) is 8.56. The summed E-state index contributed by atoms with van der Waals surface area (Å²) in [5.41, 5.74) is 17.3. The van der Waals surface area contributed by atoms with Crippen molar-refractivity contribution < 1.29 is 0 Å². The van der Waals surface area contributed by atoms with E-state index in [4.69, 9.17) is 0 Å². The summed E-state index contributed by atoms with van der Waals surface area (Å²) >= 11 is 0.